The number of rotatable bonds is 4. The molecule has 0 aliphatic carbocycles. The lowest BCUT2D eigenvalue weighted by molar-refractivity contribution is 0.0698. The maximum absolute atomic E-state index is 12.6. The minimum atomic E-state index is -3.40. The maximum atomic E-state index is 12.6. The number of piperazine rings is 1. The zero-order valence-corrected chi connectivity index (χ0v) is 17.1. The third-order valence-electron chi connectivity index (χ3n) is 4.27. The SMILES string of the molecule is O=C(c1ccc(Br)cc1Cl)N1CCN(S(=O)(=O)Cc2ccccc2)CC1. The van der Waals surface area contributed by atoms with Gasteiger partial charge in [-0.2, -0.15) is 4.31 Å². The second kappa shape index (κ2) is 8.08. The highest BCUT2D eigenvalue weighted by atomic mass is 79.9. The molecule has 0 unspecified atom stereocenters. The van der Waals surface area contributed by atoms with Crippen LogP contribution in [0.5, 0.6) is 0 Å². The summed E-state index contributed by atoms with van der Waals surface area (Å²) in [5, 5.41) is 0.378. The van der Waals surface area contributed by atoms with E-state index in [0.717, 1.165) is 10.0 Å². The topological polar surface area (TPSA) is 57.7 Å². The Hall–Kier alpha value is -1.41. The molecule has 1 saturated heterocycles. The van der Waals surface area contributed by atoms with Gasteiger partial charge in [0.1, 0.15) is 0 Å². The Labute approximate surface area is 166 Å². The highest BCUT2D eigenvalue weighted by Gasteiger charge is 2.29. The van der Waals surface area contributed by atoms with Gasteiger partial charge in [-0.3, -0.25) is 4.79 Å². The normalized spacial score (nSPS) is 15.8. The number of carbonyl (C=O) groups excluding carboxylic acids is 1. The maximum Gasteiger partial charge on any atom is 0.255 e. The number of benzene rings is 2. The van der Waals surface area contributed by atoms with Crippen LogP contribution >= 0.6 is 27.5 Å². The zero-order valence-electron chi connectivity index (χ0n) is 13.9. The van der Waals surface area contributed by atoms with Gasteiger partial charge in [-0.25, -0.2) is 8.42 Å². The van der Waals surface area contributed by atoms with Crippen molar-refractivity contribution in [2.24, 2.45) is 0 Å². The van der Waals surface area contributed by atoms with Crippen LogP contribution in [0.2, 0.25) is 5.02 Å². The van der Waals surface area contributed by atoms with E-state index >= 15 is 0 Å². The molecule has 3 rings (SSSR count). The summed E-state index contributed by atoms with van der Waals surface area (Å²) in [6, 6.07) is 14.2. The third-order valence-corrected chi connectivity index (χ3v) is 6.93. The molecule has 2 aromatic rings. The van der Waals surface area contributed by atoms with Crippen LogP contribution < -0.4 is 0 Å². The van der Waals surface area contributed by atoms with Gasteiger partial charge in [0.15, 0.2) is 0 Å². The first-order valence-corrected chi connectivity index (χ1v) is 10.9. The largest absolute Gasteiger partial charge is 0.336 e. The smallest absolute Gasteiger partial charge is 0.255 e. The van der Waals surface area contributed by atoms with E-state index in [2.05, 4.69) is 15.9 Å². The predicted molar refractivity (Wildman–Crippen MR) is 106 cm³/mol. The number of hydrogen-bond donors (Lipinski definition) is 0. The Bertz CT molecular complexity index is 898. The average Bonchev–Trinajstić information content (AvgIpc) is 2.62. The fourth-order valence-electron chi connectivity index (χ4n) is 2.88. The Balaban J connectivity index is 1.64. The molecular weight excluding hydrogens is 440 g/mol. The summed E-state index contributed by atoms with van der Waals surface area (Å²) in [5.74, 6) is -0.206. The van der Waals surface area contributed by atoms with E-state index in [9.17, 15) is 13.2 Å². The van der Waals surface area contributed by atoms with E-state index < -0.39 is 10.0 Å². The van der Waals surface area contributed by atoms with Crippen molar-refractivity contribution in [3.63, 3.8) is 0 Å². The third kappa shape index (κ3) is 4.46. The molecule has 0 bridgehead atoms. The fourth-order valence-corrected chi connectivity index (χ4v) is 5.15. The Morgan fingerprint density at radius 3 is 2.31 bits per heavy atom. The predicted octanol–water partition coefficient (Wildman–Crippen LogP) is 3.39. The number of halogens is 2. The van der Waals surface area contributed by atoms with E-state index in [-0.39, 0.29) is 24.7 Å². The first-order chi connectivity index (χ1) is 12.4. The van der Waals surface area contributed by atoms with Crippen LogP contribution in [0.4, 0.5) is 0 Å². The molecule has 0 radical (unpaired) electrons. The quantitative estimate of drug-likeness (QED) is 0.707. The molecule has 1 heterocycles. The minimum Gasteiger partial charge on any atom is -0.336 e. The van der Waals surface area contributed by atoms with Gasteiger partial charge in [-0.05, 0) is 23.8 Å². The number of carbonyl (C=O) groups is 1. The fraction of sp³-hybridized carbons (Fsp3) is 0.278. The van der Waals surface area contributed by atoms with Crippen LogP contribution in [0.3, 0.4) is 0 Å². The summed E-state index contributed by atoms with van der Waals surface area (Å²) in [6.45, 7) is 1.27. The van der Waals surface area contributed by atoms with Crippen molar-refractivity contribution in [1.82, 2.24) is 9.21 Å². The van der Waals surface area contributed by atoms with Crippen LogP contribution in [0, 0.1) is 0 Å². The van der Waals surface area contributed by atoms with Crippen LogP contribution in [-0.2, 0) is 15.8 Å². The zero-order chi connectivity index (χ0) is 18.7. The van der Waals surface area contributed by atoms with Crippen molar-refractivity contribution >= 4 is 43.5 Å². The first kappa shape index (κ1) is 19.4. The van der Waals surface area contributed by atoms with E-state index in [4.69, 9.17) is 11.6 Å². The van der Waals surface area contributed by atoms with Crippen molar-refractivity contribution < 1.29 is 13.2 Å². The average molecular weight is 458 g/mol. The lowest BCUT2D eigenvalue weighted by atomic mass is 10.2. The van der Waals surface area contributed by atoms with Crippen molar-refractivity contribution in [3.8, 4) is 0 Å². The van der Waals surface area contributed by atoms with Crippen LogP contribution in [0.15, 0.2) is 53.0 Å². The van der Waals surface area contributed by atoms with Gasteiger partial charge < -0.3 is 4.90 Å². The Morgan fingerprint density at radius 1 is 1.04 bits per heavy atom. The molecule has 1 amide bonds. The Morgan fingerprint density at radius 2 is 1.69 bits per heavy atom. The summed E-state index contributed by atoms with van der Waals surface area (Å²) in [4.78, 5) is 14.3. The van der Waals surface area contributed by atoms with E-state index in [1.165, 1.54) is 4.31 Å². The van der Waals surface area contributed by atoms with Crippen LogP contribution in [0.25, 0.3) is 0 Å². The molecule has 0 saturated carbocycles. The molecule has 8 heteroatoms. The summed E-state index contributed by atoms with van der Waals surface area (Å²) < 4.78 is 27.4. The van der Waals surface area contributed by atoms with Crippen molar-refractivity contribution in [3.05, 3.63) is 69.2 Å². The monoisotopic (exact) mass is 456 g/mol. The Kier molecular flexibility index (Phi) is 6.02. The number of amides is 1. The van der Waals surface area contributed by atoms with Gasteiger partial charge in [-0.1, -0.05) is 57.9 Å². The molecule has 26 heavy (non-hydrogen) atoms. The molecular formula is C18H18BrClN2O3S. The van der Waals surface area contributed by atoms with Gasteiger partial charge >= 0.3 is 0 Å². The molecule has 1 fully saturated rings. The molecule has 0 spiro atoms. The first-order valence-electron chi connectivity index (χ1n) is 8.13. The van der Waals surface area contributed by atoms with Gasteiger partial charge in [0, 0.05) is 30.7 Å². The van der Waals surface area contributed by atoms with Crippen molar-refractivity contribution in [2.75, 3.05) is 26.2 Å². The van der Waals surface area contributed by atoms with Crippen LogP contribution in [0.1, 0.15) is 15.9 Å². The second-order valence-corrected chi connectivity index (χ2v) is 9.35. The van der Waals surface area contributed by atoms with Gasteiger partial charge in [-0.15, -0.1) is 0 Å². The molecule has 5 nitrogen and oxygen atoms in total. The van der Waals surface area contributed by atoms with Gasteiger partial charge in [0.2, 0.25) is 10.0 Å². The number of nitrogens with zero attached hydrogens (tertiary/aromatic N) is 2. The highest BCUT2D eigenvalue weighted by molar-refractivity contribution is 9.10. The summed E-state index contributed by atoms with van der Waals surface area (Å²) >= 11 is 9.47. The van der Waals surface area contributed by atoms with Gasteiger partial charge in [0.05, 0.1) is 16.3 Å². The molecule has 0 N–H and O–H groups in total. The van der Waals surface area contributed by atoms with E-state index in [1.54, 1.807) is 35.2 Å². The van der Waals surface area contributed by atoms with Gasteiger partial charge in [0.25, 0.3) is 5.91 Å². The summed E-state index contributed by atoms with van der Waals surface area (Å²) in [6.07, 6.45) is 0. The highest BCUT2D eigenvalue weighted by Crippen LogP contribution is 2.23. The minimum absolute atomic E-state index is 0.0275. The van der Waals surface area contributed by atoms with Crippen LogP contribution in [-0.4, -0.2) is 49.7 Å². The molecule has 1 aliphatic rings. The lowest BCUT2D eigenvalue weighted by Gasteiger charge is -2.34. The molecule has 1 aliphatic heterocycles. The number of sulfonamides is 1. The van der Waals surface area contributed by atoms with E-state index in [0.29, 0.717) is 23.7 Å². The van der Waals surface area contributed by atoms with Crippen molar-refractivity contribution in [1.29, 1.82) is 0 Å². The second-order valence-electron chi connectivity index (χ2n) is 6.06. The molecule has 0 atom stereocenters. The summed E-state index contributed by atoms with van der Waals surface area (Å²) in [7, 11) is -3.40. The van der Waals surface area contributed by atoms with Crippen molar-refractivity contribution in [2.45, 2.75) is 5.75 Å². The summed E-state index contributed by atoms with van der Waals surface area (Å²) in [5.41, 5.74) is 1.18. The molecule has 2 aromatic carbocycles. The lowest BCUT2D eigenvalue weighted by Crippen LogP contribution is -2.50. The molecule has 138 valence electrons. The number of hydrogen-bond acceptors (Lipinski definition) is 3. The molecule has 0 aromatic heterocycles. The van der Waals surface area contributed by atoms with E-state index in [1.807, 2.05) is 18.2 Å². The standard InChI is InChI=1S/C18H18BrClN2O3S/c19-15-6-7-16(17(20)12-15)18(23)21-8-10-22(11-9-21)26(24,25)13-14-4-2-1-3-5-14/h1-7,12H,8-11,13H2.